The lowest BCUT2D eigenvalue weighted by Gasteiger charge is -2.10. The number of rotatable bonds is 7. The summed E-state index contributed by atoms with van der Waals surface area (Å²) in [7, 11) is 0. The van der Waals surface area contributed by atoms with Crippen molar-refractivity contribution in [2.45, 2.75) is 19.6 Å². The van der Waals surface area contributed by atoms with Crippen LogP contribution in [0.25, 0.3) is 0 Å². The van der Waals surface area contributed by atoms with Crippen molar-refractivity contribution < 1.29 is 19.4 Å². The van der Waals surface area contributed by atoms with Crippen molar-refractivity contribution in [3.8, 4) is 0 Å². The van der Waals surface area contributed by atoms with Gasteiger partial charge in [-0.3, -0.25) is 0 Å². The summed E-state index contributed by atoms with van der Waals surface area (Å²) in [6.07, 6.45) is -0.299. The van der Waals surface area contributed by atoms with Crippen LogP contribution in [0.5, 0.6) is 0 Å². The second kappa shape index (κ2) is 7.96. The number of aliphatic hydroxyl groups is 1. The van der Waals surface area contributed by atoms with Gasteiger partial charge in [-0.15, -0.1) is 0 Å². The Morgan fingerprint density at radius 3 is 2.71 bits per heavy atom. The van der Waals surface area contributed by atoms with Crippen molar-refractivity contribution in [1.82, 2.24) is 0 Å². The molecule has 0 rings (SSSR count). The van der Waals surface area contributed by atoms with Gasteiger partial charge in [0.05, 0.1) is 6.61 Å². The van der Waals surface area contributed by atoms with Gasteiger partial charge in [-0.05, 0) is 6.92 Å². The largest absolute Gasteiger partial charge is 0.460 e. The lowest BCUT2D eigenvalue weighted by atomic mass is 10.4. The van der Waals surface area contributed by atoms with E-state index in [1.807, 2.05) is 0 Å². The summed E-state index contributed by atoms with van der Waals surface area (Å²) >= 11 is 3.16. The highest BCUT2D eigenvalue weighted by Gasteiger charge is 2.05. The second-order valence-corrected chi connectivity index (χ2v) is 3.51. The zero-order valence-electron chi connectivity index (χ0n) is 8.16. The molecular formula is C9H15BrO4. The minimum absolute atomic E-state index is 0.130. The maximum atomic E-state index is 10.9. The van der Waals surface area contributed by atoms with E-state index >= 15 is 0 Å². The quantitative estimate of drug-likeness (QED) is 0.248. The highest BCUT2D eigenvalue weighted by molar-refractivity contribution is 9.09. The summed E-state index contributed by atoms with van der Waals surface area (Å²) in [5, 5.41) is 9.78. The highest BCUT2D eigenvalue weighted by atomic mass is 79.9. The molecule has 0 saturated heterocycles. The summed E-state index contributed by atoms with van der Waals surface area (Å²) in [5.41, 5.74) is 0.353. The topological polar surface area (TPSA) is 55.8 Å². The molecule has 0 aromatic carbocycles. The third-order valence-corrected chi connectivity index (χ3v) is 1.79. The predicted molar refractivity (Wildman–Crippen MR) is 56.1 cm³/mol. The van der Waals surface area contributed by atoms with Crippen molar-refractivity contribution >= 4 is 21.9 Å². The first-order valence-electron chi connectivity index (χ1n) is 4.26. The Morgan fingerprint density at radius 1 is 1.57 bits per heavy atom. The fraction of sp³-hybridized carbons (Fsp3) is 0.667. The van der Waals surface area contributed by atoms with E-state index in [0.717, 1.165) is 0 Å². The van der Waals surface area contributed by atoms with Gasteiger partial charge >= 0.3 is 5.97 Å². The van der Waals surface area contributed by atoms with E-state index in [4.69, 9.17) is 14.6 Å². The van der Waals surface area contributed by atoms with E-state index in [9.17, 15) is 4.79 Å². The smallest absolute Gasteiger partial charge is 0.333 e. The van der Waals surface area contributed by atoms with Crippen molar-refractivity contribution in [3.63, 3.8) is 0 Å². The minimum atomic E-state index is -0.807. The summed E-state index contributed by atoms with van der Waals surface area (Å²) < 4.78 is 9.68. The molecule has 1 unspecified atom stereocenters. The Hall–Kier alpha value is -0.390. The average Bonchev–Trinajstić information content (AvgIpc) is 2.12. The molecule has 82 valence electrons. The first kappa shape index (κ1) is 13.6. The van der Waals surface area contributed by atoms with E-state index < -0.39 is 12.3 Å². The molecule has 1 atom stereocenters. The second-order valence-electron chi connectivity index (χ2n) is 2.72. The van der Waals surface area contributed by atoms with Crippen LogP contribution in [0.15, 0.2) is 12.2 Å². The molecule has 0 radical (unpaired) electrons. The number of hydrogen-bond donors (Lipinski definition) is 1. The van der Waals surface area contributed by atoms with Gasteiger partial charge in [-0.25, -0.2) is 4.79 Å². The molecule has 0 aromatic rings. The molecule has 5 heteroatoms. The van der Waals surface area contributed by atoms with Crippen LogP contribution in [-0.4, -0.2) is 35.9 Å². The number of carbonyl (C=O) groups is 1. The summed E-state index contributed by atoms with van der Waals surface area (Å²) in [6, 6.07) is 0. The molecule has 0 heterocycles. The van der Waals surface area contributed by atoms with Gasteiger partial charge in [0, 0.05) is 17.3 Å². The Kier molecular flexibility index (Phi) is 7.74. The summed E-state index contributed by atoms with van der Waals surface area (Å²) in [4.78, 5) is 10.9. The first-order valence-corrected chi connectivity index (χ1v) is 5.38. The van der Waals surface area contributed by atoms with Gasteiger partial charge in [0.15, 0.2) is 6.29 Å². The van der Waals surface area contributed by atoms with Crippen molar-refractivity contribution in [1.29, 1.82) is 0 Å². The summed E-state index contributed by atoms with van der Waals surface area (Å²) in [5.74, 6) is -0.441. The summed E-state index contributed by atoms with van der Waals surface area (Å²) in [6.45, 7) is 5.32. The fourth-order valence-corrected chi connectivity index (χ4v) is 1.01. The highest BCUT2D eigenvalue weighted by Crippen LogP contribution is 1.98. The zero-order valence-corrected chi connectivity index (χ0v) is 9.75. The van der Waals surface area contributed by atoms with Crippen LogP contribution in [0.4, 0.5) is 0 Å². The van der Waals surface area contributed by atoms with Crippen LogP contribution < -0.4 is 0 Å². The van der Waals surface area contributed by atoms with Gasteiger partial charge < -0.3 is 14.6 Å². The Balaban J connectivity index is 3.37. The lowest BCUT2D eigenvalue weighted by Crippen LogP contribution is -2.17. The fourth-order valence-electron chi connectivity index (χ4n) is 0.618. The Bertz CT molecular complexity index is 193. The number of esters is 1. The van der Waals surface area contributed by atoms with Gasteiger partial charge in [-0.1, -0.05) is 22.5 Å². The normalized spacial score (nSPS) is 12.2. The van der Waals surface area contributed by atoms with Crippen LogP contribution in [0.2, 0.25) is 0 Å². The van der Waals surface area contributed by atoms with Gasteiger partial charge in [-0.2, -0.15) is 0 Å². The lowest BCUT2D eigenvalue weighted by molar-refractivity contribution is -0.146. The standard InChI is InChI=1S/C9H15BrO4/c1-7(2)9(12)14-6-5-13-8(11)3-4-10/h8,11H,1,3-6H2,2H3. The van der Waals surface area contributed by atoms with Gasteiger partial charge in [0.1, 0.15) is 6.61 Å². The van der Waals surface area contributed by atoms with Crippen LogP contribution in [0.1, 0.15) is 13.3 Å². The number of halogens is 1. The molecule has 1 N–H and O–H groups in total. The predicted octanol–water partition coefficient (Wildman–Crippen LogP) is 1.23. The van der Waals surface area contributed by atoms with E-state index in [0.29, 0.717) is 17.3 Å². The van der Waals surface area contributed by atoms with E-state index in [-0.39, 0.29) is 13.2 Å². The molecule has 0 fully saturated rings. The molecule has 0 amide bonds. The van der Waals surface area contributed by atoms with Crippen LogP contribution in [-0.2, 0) is 14.3 Å². The molecule has 14 heavy (non-hydrogen) atoms. The van der Waals surface area contributed by atoms with Crippen LogP contribution >= 0.6 is 15.9 Å². The maximum Gasteiger partial charge on any atom is 0.333 e. The van der Waals surface area contributed by atoms with E-state index in [2.05, 4.69) is 22.5 Å². The molecule has 0 aromatic heterocycles. The number of aliphatic hydroxyl groups excluding tert-OH is 1. The average molecular weight is 267 g/mol. The molecular weight excluding hydrogens is 252 g/mol. The van der Waals surface area contributed by atoms with Crippen molar-refractivity contribution in [2.24, 2.45) is 0 Å². The number of alkyl halides is 1. The third kappa shape index (κ3) is 7.06. The van der Waals surface area contributed by atoms with Gasteiger partial charge in [0.2, 0.25) is 0 Å². The van der Waals surface area contributed by atoms with E-state index in [1.54, 1.807) is 6.92 Å². The molecule has 0 saturated carbocycles. The molecule has 0 aliphatic heterocycles. The SMILES string of the molecule is C=C(C)C(=O)OCCOC(O)CCBr. The van der Waals surface area contributed by atoms with Gasteiger partial charge in [0.25, 0.3) is 0 Å². The number of carbonyl (C=O) groups excluding carboxylic acids is 1. The number of ether oxygens (including phenoxy) is 2. The number of hydrogen-bond acceptors (Lipinski definition) is 4. The minimum Gasteiger partial charge on any atom is -0.460 e. The third-order valence-electron chi connectivity index (χ3n) is 1.33. The molecule has 0 spiro atoms. The molecule has 0 bridgehead atoms. The Morgan fingerprint density at radius 2 is 2.21 bits per heavy atom. The first-order chi connectivity index (χ1) is 6.57. The molecule has 0 aliphatic rings. The molecule has 4 nitrogen and oxygen atoms in total. The Labute approximate surface area is 92.0 Å². The van der Waals surface area contributed by atoms with E-state index in [1.165, 1.54) is 0 Å². The van der Waals surface area contributed by atoms with Crippen molar-refractivity contribution in [2.75, 3.05) is 18.5 Å². The zero-order chi connectivity index (χ0) is 11.0. The monoisotopic (exact) mass is 266 g/mol. The maximum absolute atomic E-state index is 10.9. The van der Waals surface area contributed by atoms with Crippen molar-refractivity contribution in [3.05, 3.63) is 12.2 Å². The van der Waals surface area contributed by atoms with Crippen LogP contribution in [0, 0.1) is 0 Å². The molecule has 0 aliphatic carbocycles. The van der Waals surface area contributed by atoms with Crippen LogP contribution in [0.3, 0.4) is 0 Å².